The van der Waals surface area contributed by atoms with E-state index in [0.717, 1.165) is 14.7 Å². The average Bonchev–Trinajstić information content (AvgIpc) is 2.64. The Balaban J connectivity index is 1.84. The maximum absolute atomic E-state index is 12.7. The zero-order valence-electron chi connectivity index (χ0n) is 13.4. The van der Waals surface area contributed by atoms with Crippen molar-refractivity contribution in [1.29, 1.82) is 0 Å². The highest BCUT2D eigenvalue weighted by Crippen LogP contribution is 2.35. The van der Waals surface area contributed by atoms with Gasteiger partial charge >= 0.3 is 5.97 Å². The second kappa shape index (κ2) is 6.45. The summed E-state index contributed by atoms with van der Waals surface area (Å²) in [5, 5.41) is 14.1. The second-order valence-corrected chi connectivity index (χ2v) is 6.60. The van der Waals surface area contributed by atoms with Gasteiger partial charge in [0.15, 0.2) is 17.2 Å². The van der Waals surface area contributed by atoms with Crippen molar-refractivity contribution in [1.82, 2.24) is 9.78 Å². The van der Waals surface area contributed by atoms with E-state index in [0.29, 0.717) is 35.5 Å². The molecule has 0 fully saturated rings. The fourth-order valence-electron chi connectivity index (χ4n) is 2.89. The third-order valence-corrected chi connectivity index (χ3v) is 4.84. The Hall–Kier alpha value is -2.87. The largest absolute Gasteiger partial charge is 0.486 e. The van der Waals surface area contributed by atoms with Gasteiger partial charge in [-0.05, 0) is 23.8 Å². The van der Waals surface area contributed by atoms with Crippen molar-refractivity contribution < 1.29 is 19.4 Å². The number of carbonyl (C=O) groups is 1. The minimum Gasteiger partial charge on any atom is -0.486 e. The van der Waals surface area contributed by atoms with E-state index < -0.39 is 5.97 Å². The van der Waals surface area contributed by atoms with Crippen molar-refractivity contribution >= 4 is 32.7 Å². The summed E-state index contributed by atoms with van der Waals surface area (Å²) in [5.74, 6) is 0.0230. The second-order valence-electron chi connectivity index (χ2n) is 5.75. The Bertz CT molecular complexity index is 1090. The van der Waals surface area contributed by atoms with Gasteiger partial charge in [0, 0.05) is 9.86 Å². The number of aromatic carboxylic acids is 1. The predicted molar refractivity (Wildman–Crippen MR) is 97.2 cm³/mol. The molecule has 4 rings (SSSR count). The third-order valence-electron chi connectivity index (χ3n) is 4.10. The van der Waals surface area contributed by atoms with Gasteiger partial charge in [-0.1, -0.05) is 34.1 Å². The fourth-order valence-corrected chi connectivity index (χ4v) is 3.34. The summed E-state index contributed by atoms with van der Waals surface area (Å²) in [7, 11) is 0. The Labute approximate surface area is 155 Å². The normalized spacial score (nSPS) is 13.0. The number of fused-ring (bicyclic) bond motifs is 2. The summed E-state index contributed by atoms with van der Waals surface area (Å²) < 4.78 is 13.0. The van der Waals surface area contributed by atoms with Crippen LogP contribution >= 0.6 is 15.9 Å². The maximum Gasteiger partial charge on any atom is 0.357 e. The standard InChI is InChI=1S/C18H13BrN2O5/c19-13-8-15-14(25-5-6-26-15)7-10(13)9-21-17(22)12-4-2-1-3-11(12)16(20-21)18(23)24/h1-4,7-8H,5-6,9H2,(H,23,24). The van der Waals surface area contributed by atoms with Gasteiger partial charge in [0.1, 0.15) is 13.2 Å². The highest BCUT2D eigenvalue weighted by molar-refractivity contribution is 9.10. The molecule has 0 spiro atoms. The first kappa shape index (κ1) is 16.6. The lowest BCUT2D eigenvalue weighted by molar-refractivity contribution is 0.0690. The van der Waals surface area contributed by atoms with Crippen LogP contribution in [0.15, 0.2) is 45.7 Å². The zero-order valence-corrected chi connectivity index (χ0v) is 15.0. The van der Waals surface area contributed by atoms with E-state index in [-0.39, 0.29) is 17.8 Å². The van der Waals surface area contributed by atoms with Gasteiger partial charge in [-0.3, -0.25) is 4.79 Å². The highest BCUT2D eigenvalue weighted by Gasteiger charge is 2.18. The van der Waals surface area contributed by atoms with Gasteiger partial charge in [-0.2, -0.15) is 5.10 Å². The summed E-state index contributed by atoms with van der Waals surface area (Å²) in [4.78, 5) is 24.3. The molecule has 2 heterocycles. The summed E-state index contributed by atoms with van der Waals surface area (Å²) in [6.45, 7) is 1.03. The van der Waals surface area contributed by atoms with Crippen molar-refractivity contribution in [2.45, 2.75) is 6.54 Å². The van der Waals surface area contributed by atoms with E-state index in [4.69, 9.17) is 9.47 Å². The molecule has 0 saturated carbocycles. The quantitative estimate of drug-likeness (QED) is 0.705. The Morgan fingerprint density at radius 3 is 2.50 bits per heavy atom. The van der Waals surface area contributed by atoms with Crippen LogP contribution in [0.2, 0.25) is 0 Å². The molecule has 0 amide bonds. The van der Waals surface area contributed by atoms with Crippen LogP contribution in [-0.2, 0) is 6.54 Å². The van der Waals surface area contributed by atoms with Gasteiger partial charge in [0.25, 0.3) is 5.56 Å². The number of ether oxygens (including phenoxy) is 2. The van der Waals surface area contributed by atoms with Crippen molar-refractivity contribution in [2.75, 3.05) is 13.2 Å². The highest BCUT2D eigenvalue weighted by atomic mass is 79.9. The van der Waals surface area contributed by atoms with E-state index in [1.807, 2.05) is 0 Å². The van der Waals surface area contributed by atoms with E-state index in [2.05, 4.69) is 21.0 Å². The maximum atomic E-state index is 12.7. The van der Waals surface area contributed by atoms with Crippen molar-refractivity contribution in [3.05, 3.63) is 62.5 Å². The first-order valence-electron chi connectivity index (χ1n) is 7.86. The minimum atomic E-state index is -1.18. The molecule has 7 nitrogen and oxygen atoms in total. The molecule has 3 aromatic rings. The molecule has 0 aliphatic carbocycles. The monoisotopic (exact) mass is 416 g/mol. The number of rotatable bonds is 3. The SMILES string of the molecule is O=C(O)c1nn(Cc2cc3c(cc2Br)OCCO3)c(=O)c2ccccc12. The minimum absolute atomic E-state index is 0.0984. The topological polar surface area (TPSA) is 90.7 Å². The molecule has 132 valence electrons. The van der Waals surface area contributed by atoms with Crippen LogP contribution in [-0.4, -0.2) is 34.1 Å². The van der Waals surface area contributed by atoms with Crippen LogP contribution in [0.1, 0.15) is 16.1 Å². The van der Waals surface area contributed by atoms with Crippen LogP contribution in [0.25, 0.3) is 10.8 Å². The van der Waals surface area contributed by atoms with Crippen LogP contribution in [0.3, 0.4) is 0 Å². The molecule has 0 unspecified atom stereocenters. The number of carboxylic acid groups (broad SMARTS) is 1. The molecular weight excluding hydrogens is 404 g/mol. The summed E-state index contributed by atoms with van der Waals surface area (Å²) in [6, 6.07) is 10.1. The molecule has 2 aromatic carbocycles. The van der Waals surface area contributed by atoms with Crippen molar-refractivity contribution in [3.63, 3.8) is 0 Å². The third kappa shape index (κ3) is 2.82. The molecule has 0 radical (unpaired) electrons. The van der Waals surface area contributed by atoms with Crippen molar-refractivity contribution in [3.8, 4) is 11.5 Å². The number of benzene rings is 2. The fraction of sp³-hybridized carbons (Fsp3) is 0.167. The van der Waals surface area contributed by atoms with E-state index in [1.54, 1.807) is 36.4 Å². The molecular formula is C18H13BrN2O5. The molecule has 0 bridgehead atoms. The first-order valence-corrected chi connectivity index (χ1v) is 8.65. The molecule has 1 aliphatic heterocycles. The molecule has 1 aliphatic rings. The number of halogens is 1. The number of hydrogen-bond donors (Lipinski definition) is 1. The molecule has 8 heteroatoms. The Morgan fingerprint density at radius 1 is 1.15 bits per heavy atom. The van der Waals surface area contributed by atoms with Gasteiger partial charge in [0.05, 0.1) is 11.9 Å². The first-order chi connectivity index (χ1) is 12.5. The van der Waals surface area contributed by atoms with Crippen LogP contribution in [0, 0.1) is 0 Å². The van der Waals surface area contributed by atoms with E-state index >= 15 is 0 Å². The number of aromatic nitrogens is 2. The molecule has 1 aromatic heterocycles. The number of hydrogen-bond acceptors (Lipinski definition) is 5. The molecule has 26 heavy (non-hydrogen) atoms. The molecule has 0 atom stereocenters. The summed E-state index contributed by atoms with van der Waals surface area (Å²) in [5.41, 5.74) is 0.219. The van der Waals surface area contributed by atoms with Gasteiger partial charge in [-0.15, -0.1) is 0 Å². The number of carboxylic acids is 1. The van der Waals surface area contributed by atoms with Crippen LogP contribution in [0.4, 0.5) is 0 Å². The van der Waals surface area contributed by atoms with Gasteiger partial charge < -0.3 is 14.6 Å². The van der Waals surface area contributed by atoms with Crippen LogP contribution < -0.4 is 15.0 Å². The van der Waals surface area contributed by atoms with Gasteiger partial charge in [-0.25, -0.2) is 9.48 Å². The molecule has 0 saturated heterocycles. The van der Waals surface area contributed by atoms with E-state index in [1.165, 1.54) is 0 Å². The predicted octanol–water partition coefficient (Wildman–Crippen LogP) is 2.68. The summed E-state index contributed by atoms with van der Waals surface area (Å²) in [6.07, 6.45) is 0. The van der Waals surface area contributed by atoms with Crippen molar-refractivity contribution in [2.24, 2.45) is 0 Å². The number of nitrogens with zero attached hydrogens (tertiary/aromatic N) is 2. The lowest BCUT2D eigenvalue weighted by Gasteiger charge is -2.20. The Morgan fingerprint density at radius 2 is 1.81 bits per heavy atom. The zero-order chi connectivity index (χ0) is 18.3. The van der Waals surface area contributed by atoms with Gasteiger partial charge in [0.2, 0.25) is 0 Å². The summed E-state index contributed by atoms with van der Waals surface area (Å²) >= 11 is 3.46. The van der Waals surface area contributed by atoms with E-state index in [9.17, 15) is 14.7 Å². The smallest absolute Gasteiger partial charge is 0.357 e. The lowest BCUT2D eigenvalue weighted by Crippen LogP contribution is -2.26. The average molecular weight is 417 g/mol. The molecule has 1 N–H and O–H groups in total. The Kier molecular flexibility index (Phi) is 4.12. The lowest BCUT2D eigenvalue weighted by atomic mass is 10.1. The van der Waals surface area contributed by atoms with Crippen LogP contribution in [0.5, 0.6) is 11.5 Å².